The van der Waals surface area contributed by atoms with E-state index in [0.717, 1.165) is 12.1 Å². The lowest BCUT2D eigenvalue weighted by atomic mass is 10.1. The highest BCUT2D eigenvalue weighted by molar-refractivity contribution is 7.85. The molecule has 8 heteroatoms. The lowest BCUT2D eigenvalue weighted by molar-refractivity contribution is -0.137. The Hall–Kier alpha value is -1.65. The number of aliphatic imine (C=N–C) groups is 1. The summed E-state index contributed by atoms with van der Waals surface area (Å²) in [6, 6.07) is 3.46. The molecule has 0 spiro atoms. The van der Waals surface area contributed by atoms with Gasteiger partial charge in [-0.25, -0.2) is 0 Å². The number of aryl methyl sites for hydroxylation is 1. The maximum Gasteiger partial charge on any atom is 0.416 e. The molecule has 0 radical (unpaired) electrons. The maximum atomic E-state index is 12.7. The van der Waals surface area contributed by atoms with E-state index in [-0.39, 0.29) is 32.6 Å². The van der Waals surface area contributed by atoms with E-state index in [2.05, 4.69) is 17.6 Å². The van der Waals surface area contributed by atoms with Crippen molar-refractivity contribution in [1.82, 2.24) is 0 Å². The topological polar surface area (TPSA) is 62.2 Å². The van der Waals surface area contributed by atoms with Crippen LogP contribution in [-0.2, 0) is 6.18 Å². The number of alkyl halides is 3. The van der Waals surface area contributed by atoms with Crippen LogP contribution in [0.3, 0.4) is 0 Å². The summed E-state index contributed by atoms with van der Waals surface area (Å²) >= 11 is 9.90. The molecular formula is C13H11ClF3N3S. The van der Waals surface area contributed by atoms with E-state index in [1.165, 1.54) is 13.8 Å². The number of rotatable bonds is 2. The van der Waals surface area contributed by atoms with Gasteiger partial charge in [0.2, 0.25) is 0 Å². The second-order valence-electron chi connectivity index (χ2n) is 4.19. The molecule has 0 aliphatic carbocycles. The third-order valence-electron chi connectivity index (χ3n) is 2.58. The number of nitrogens with zero attached hydrogens (tertiary/aromatic N) is 2. The minimum atomic E-state index is -4.48. The van der Waals surface area contributed by atoms with Crippen LogP contribution in [0.15, 0.2) is 27.7 Å². The third kappa shape index (κ3) is 4.16. The van der Waals surface area contributed by atoms with E-state index in [9.17, 15) is 13.2 Å². The monoisotopic (exact) mass is 333 g/mol. The molecule has 0 saturated heterocycles. The fourth-order valence-corrected chi connectivity index (χ4v) is 1.92. The number of nitrogens with two attached hydrogens (primary N) is 1. The Morgan fingerprint density at radius 3 is 2.43 bits per heavy atom. The van der Waals surface area contributed by atoms with Gasteiger partial charge in [-0.2, -0.15) is 18.4 Å². The fourth-order valence-electron chi connectivity index (χ4n) is 1.51. The molecule has 0 saturated carbocycles. The molecule has 2 N–H and O–H groups in total. The number of halogens is 4. The van der Waals surface area contributed by atoms with E-state index in [1.807, 2.05) is 0 Å². The number of hydrogen-bond donors (Lipinski definition) is 2. The quantitative estimate of drug-likeness (QED) is 0.479. The van der Waals surface area contributed by atoms with E-state index in [0.29, 0.717) is 0 Å². The molecule has 21 heavy (non-hydrogen) atoms. The van der Waals surface area contributed by atoms with Crippen LogP contribution in [0.25, 0.3) is 0 Å². The molecule has 0 aliphatic heterocycles. The van der Waals surface area contributed by atoms with Crippen molar-refractivity contribution in [2.45, 2.75) is 20.0 Å². The number of benzene rings is 1. The Labute approximate surface area is 130 Å². The van der Waals surface area contributed by atoms with Crippen LogP contribution in [0.4, 0.5) is 18.9 Å². The highest BCUT2D eigenvalue weighted by Crippen LogP contribution is 2.37. The molecule has 1 aromatic carbocycles. The zero-order chi connectivity index (χ0) is 16.4. The van der Waals surface area contributed by atoms with E-state index >= 15 is 0 Å². The largest absolute Gasteiger partial charge is 0.416 e. The van der Waals surface area contributed by atoms with Crippen molar-refractivity contribution in [2.75, 3.05) is 0 Å². The van der Waals surface area contributed by atoms with Crippen LogP contribution in [-0.4, -0.2) is 5.71 Å². The standard InChI is InChI=1S/C13H11ClF3N3S/c1-6-3-8(13(15,16)17)4-9(14)11(6)20-7(2)12(21)10(19)5-18/h3-4,21H,19H2,1-2H3/b12-10+,20-7?. The van der Waals surface area contributed by atoms with Crippen LogP contribution in [0.2, 0.25) is 5.02 Å². The van der Waals surface area contributed by atoms with Crippen LogP contribution < -0.4 is 5.73 Å². The minimum Gasteiger partial charge on any atom is -0.389 e. The molecule has 0 aromatic heterocycles. The molecule has 0 amide bonds. The van der Waals surface area contributed by atoms with E-state index in [1.54, 1.807) is 6.07 Å². The number of allylic oxidation sites excluding steroid dienone is 2. The van der Waals surface area contributed by atoms with Crippen molar-refractivity contribution >= 4 is 35.6 Å². The van der Waals surface area contributed by atoms with Crippen molar-refractivity contribution in [3.63, 3.8) is 0 Å². The molecular weight excluding hydrogens is 323 g/mol. The van der Waals surface area contributed by atoms with Crippen molar-refractivity contribution in [3.05, 3.63) is 38.9 Å². The number of nitriles is 1. The van der Waals surface area contributed by atoms with Gasteiger partial charge in [-0.1, -0.05) is 11.6 Å². The van der Waals surface area contributed by atoms with Crippen molar-refractivity contribution in [2.24, 2.45) is 10.7 Å². The molecule has 0 aliphatic rings. The predicted molar refractivity (Wildman–Crippen MR) is 79.8 cm³/mol. The predicted octanol–water partition coefficient (Wildman–Crippen LogP) is 4.38. The van der Waals surface area contributed by atoms with Crippen LogP contribution in [0.5, 0.6) is 0 Å². The molecule has 0 bridgehead atoms. The highest BCUT2D eigenvalue weighted by Gasteiger charge is 2.31. The van der Waals surface area contributed by atoms with Gasteiger partial charge in [0.25, 0.3) is 0 Å². The first-order chi connectivity index (χ1) is 9.57. The Morgan fingerprint density at radius 2 is 2.00 bits per heavy atom. The van der Waals surface area contributed by atoms with Crippen molar-refractivity contribution in [1.29, 1.82) is 5.26 Å². The summed E-state index contributed by atoms with van der Waals surface area (Å²) < 4.78 is 38.0. The minimum absolute atomic E-state index is 0.139. The van der Waals surface area contributed by atoms with Gasteiger partial charge in [0.1, 0.15) is 11.8 Å². The normalized spacial score (nSPS) is 13.7. The Balaban J connectivity index is 3.39. The smallest absolute Gasteiger partial charge is 0.389 e. The van der Waals surface area contributed by atoms with Gasteiger partial charge < -0.3 is 5.73 Å². The summed E-state index contributed by atoms with van der Waals surface area (Å²) in [5, 5.41) is 8.53. The molecule has 112 valence electrons. The summed E-state index contributed by atoms with van der Waals surface area (Å²) in [6.45, 7) is 2.99. The van der Waals surface area contributed by atoms with Gasteiger partial charge in [0.15, 0.2) is 0 Å². The summed E-state index contributed by atoms with van der Waals surface area (Å²) in [7, 11) is 0. The summed E-state index contributed by atoms with van der Waals surface area (Å²) in [5.74, 6) is 0. The zero-order valence-electron chi connectivity index (χ0n) is 11.1. The average Bonchev–Trinajstić information content (AvgIpc) is 2.39. The highest BCUT2D eigenvalue weighted by atomic mass is 35.5. The first kappa shape index (κ1) is 17.4. The first-order valence-corrected chi connectivity index (χ1v) is 6.42. The molecule has 3 nitrogen and oxygen atoms in total. The molecule has 0 heterocycles. The summed E-state index contributed by atoms with van der Waals surface area (Å²) in [6.07, 6.45) is -4.48. The van der Waals surface area contributed by atoms with Gasteiger partial charge >= 0.3 is 6.18 Å². The third-order valence-corrected chi connectivity index (χ3v) is 3.43. The van der Waals surface area contributed by atoms with E-state index < -0.39 is 11.7 Å². The Morgan fingerprint density at radius 1 is 1.43 bits per heavy atom. The van der Waals surface area contributed by atoms with Gasteiger partial charge in [0.05, 0.1) is 26.9 Å². The molecule has 0 atom stereocenters. The first-order valence-electron chi connectivity index (χ1n) is 5.59. The second-order valence-corrected chi connectivity index (χ2v) is 5.05. The molecule has 1 rings (SSSR count). The van der Waals surface area contributed by atoms with Gasteiger partial charge in [0, 0.05) is 0 Å². The number of thiol groups is 1. The number of hydrogen-bond acceptors (Lipinski definition) is 4. The average molecular weight is 334 g/mol. The maximum absolute atomic E-state index is 12.7. The second kappa shape index (κ2) is 6.41. The van der Waals surface area contributed by atoms with E-state index in [4.69, 9.17) is 22.6 Å². The lowest BCUT2D eigenvalue weighted by Crippen LogP contribution is -2.06. The Kier molecular flexibility index (Phi) is 5.31. The van der Waals surface area contributed by atoms with Gasteiger partial charge in [-0.3, -0.25) is 4.99 Å². The lowest BCUT2D eigenvalue weighted by Gasteiger charge is -2.11. The van der Waals surface area contributed by atoms with Crippen LogP contribution >= 0.6 is 24.2 Å². The summed E-state index contributed by atoms with van der Waals surface area (Å²) in [5.41, 5.74) is 5.14. The van der Waals surface area contributed by atoms with Crippen molar-refractivity contribution < 1.29 is 13.2 Å². The van der Waals surface area contributed by atoms with Crippen LogP contribution in [0.1, 0.15) is 18.1 Å². The van der Waals surface area contributed by atoms with Gasteiger partial charge in [-0.15, -0.1) is 12.6 Å². The fraction of sp³-hybridized carbons (Fsp3) is 0.231. The summed E-state index contributed by atoms with van der Waals surface area (Å²) in [4.78, 5) is 4.25. The van der Waals surface area contributed by atoms with Gasteiger partial charge in [-0.05, 0) is 31.5 Å². The zero-order valence-corrected chi connectivity index (χ0v) is 12.7. The van der Waals surface area contributed by atoms with Crippen LogP contribution in [0, 0.1) is 18.3 Å². The molecule has 0 fully saturated rings. The van der Waals surface area contributed by atoms with Crippen molar-refractivity contribution in [3.8, 4) is 6.07 Å². The molecule has 0 unspecified atom stereocenters. The SMILES string of the molecule is CC(=Nc1c(C)cc(C(F)(F)F)cc1Cl)/C(S)=C(\N)C#N. The molecule has 1 aromatic rings. The Bertz CT molecular complexity index is 649.